The molecule has 0 aliphatic heterocycles. The average molecular weight is 948 g/mol. The summed E-state index contributed by atoms with van der Waals surface area (Å²) >= 11 is 11.2. The number of hydrogen-bond donors (Lipinski definition) is 0. The minimum Gasteiger partial charge on any atom is -1.00 e. The van der Waals surface area contributed by atoms with Crippen LogP contribution >= 0.6 is 23.2 Å². The Kier molecular flexibility index (Phi) is 11.1. The second-order valence-electron chi connectivity index (χ2n) is 19.7. The predicted molar refractivity (Wildman–Crippen MR) is 247 cm³/mol. The van der Waals surface area contributed by atoms with Crippen LogP contribution in [0.5, 0.6) is 0 Å². The third-order valence-corrected chi connectivity index (χ3v) is 27.8. The number of hydrogen-bond acceptors (Lipinski definition) is 0. The molecule has 3 atom stereocenters. The molecule has 0 spiro atoms. The Morgan fingerprint density at radius 3 is 1.80 bits per heavy atom. The Bertz CT molecular complexity index is 2710. The Labute approximate surface area is 387 Å². The zero-order valence-electron chi connectivity index (χ0n) is 36.0. The summed E-state index contributed by atoms with van der Waals surface area (Å²) in [5, 5.41) is 6.47. The van der Waals surface area contributed by atoms with Crippen LogP contribution in [0.25, 0.3) is 27.1 Å². The van der Waals surface area contributed by atoms with E-state index in [-0.39, 0.29) is 49.6 Å². The topological polar surface area (TPSA) is 0 Å². The molecule has 306 valence electrons. The van der Waals surface area contributed by atoms with Gasteiger partial charge in [-0.1, -0.05) is 0 Å². The molecule has 1 saturated carbocycles. The molecule has 3 unspecified atom stereocenters. The van der Waals surface area contributed by atoms with Gasteiger partial charge in [-0.2, -0.15) is 0 Å². The fourth-order valence-electron chi connectivity index (χ4n) is 13.2. The largest absolute Gasteiger partial charge is 1.00 e. The van der Waals surface area contributed by atoms with Gasteiger partial charge in [0.05, 0.1) is 0 Å². The van der Waals surface area contributed by atoms with E-state index in [2.05, 4.69) is 189 Å². The van der Waals surface area contributed by atoms with E-state index in [0.29, 0.717) is 9.54 Å². The maximum atomic E-state index is 7.29. The minimum absolute atomic E-state index is 0. The van der Waals surface area contributed by atoms with Gasteiger partial charge in [0.2, 0.25) is 0 Å². The Balaban J connectivity index is 0.00000249. The van der Waals surface area contributed by atoms with Crippen molar-refractivity contribution in [3.63, 3.8) is 0 Å². The summed E-state index contributed by atoms with van der Waals surface area (Å²) in [4.78, 5) is 0. The number of halogens is 4. The van der Waals surface area contributed by atoms with Gasteiger partial charge >= 0.3 is 366 Å². The first-order chi connectivity index (χ1) is 27.6. The van der Waals surface area contributed by atoms with Crippen molar-refractivity contribution >= 4 is 53.5 Å². The fourth-order valence-corrected chi connectivity index (χ4v) is 25.3. The molecule has 0 radical (unpaired) electrons. The second kappa shape index (κ2) is 15.2. The normalized spacial score (nSPS) is 25.2. The number of allylic oxidation sites excluding steroid dienone is 10. The van der Waals surface area contributed by atoms with E-state index in [0.717, 1.165) is 22.9 Å². The van der Waals surface area contributed by atoms with Gasteiger partial charge in [0, 0.05) is 0 Å². The van der Waals surface area contributed by atoms with Gasteiger partial charge in [-0.3, -0.25) is 0 Å². The molecule has 5 aromatic rings. The van der Waals surface area contributed by atoms with Crippen LogP contribution in [-0.4, -0.2) is 3.21 Å². The molecule has 0 heterocycles. The molecule has 5 aromatic carbocycles. The molecule has 10 rings (SSSR count). The number of rotatable bonds is 4. The summed E-state index contributed by atoms with van der Waals surface area (Å²) < 4.78 is 1.66. The van der Waals surface area contributed by atoms with Gasteiger partial charge in [-0.15, -0.1) is 0 Å². The van der Waals surface area contributed by atoms with Crippen LogP contribution in [0, 0.1) is 27.6 Å². The van der Waals surface area contributed by atoms with Crippen molar-refractivity contribution < 1.29 is 46.1 Å². The van der Waals surface area contributed by atoms with Crippen LogP contribution < -0.4 is 24.8 Å². The molecule has 5 aliphatic carbocycles. The molecule has 1 fully saturated rings. The molecular formula is C55H54Cl4Zr. The van der Waals surface area contributed by atoms with Crippen LogP contribution in [0.2, 0.25) is 16.8 Å². The van der Waals surface area contributed by atoms with Crippen molar-refractivity contribution in [2.75, 3.05) is 0 Å². The smallest absolute Gasteiger partial charge is 1.00 e. The summed E-state index contributed by atoms with van der Waals surface area (Å²) in [7, 11) is 0. The van der Waals surface area contributed by atoms with Crippen LogP contribution in [0.4, 0.5) is 0 Å². The van der Waals surface area contributed by atoms with Crippen molar-refractivity contribution in [3.05, 3.63) is 183 Å². The van der Waals surface area contributed by atoms with Crippen LogP contribution in [-0.2, 0) is 27.7 Å². The number of fused-ring (bicyclic) bond motifs is 8. The van der Waals surface area contributed by atoms with Gasteiger partial charge in [-0.05, 0) is 0 Å². The summed E-state index contributed by atoms with van der Waals surface area (Å²) in [6, 6.07) is 36.1. The third-order valence-electron chi connectivity index (χ3n) is 17.3. The van der Waals surface area contributed by atoms with E-state index < -0.39 is 21.3 Å². The van der Waals surface area contributed by atoms with Crippen molar-refractivity contribution in [1.82, 2.24) is 0 Å². The van der Waals surface area contributed by atoms with Crippen LogP contribution in [0.3, 0.4) is 0 Å². The molecule has 5 heteroatoms. The van der Waals surface area contributed by atoms with Gasteiger partial charge in [0.15, 0.2) is 0 Å². The van der Waals surface area contributed by atoms with Crippen molar-refractivity contribution in [3.8, 4) is 0 Å². The van der Waals surface area contributed by atoms with Gasteiger partial charge in [0.1, 0.15) is 0 Å². The van der Waals surface area contributed by atoms with Crippen LogP contribution in [0.1, 0.15) is 90.5 Å². The fraction of sp³-hybridized carbons (Fsp3) is 0.327. The monoisotopic (exact) mass is 944 g/mol. The average Bonchev–Trinajstić information content (AvgIpc) is 3.87. The standard InChI is InChI=1S/C29H37.C21H12Cl2.C5H5.2ClH.Zr/c1-18-25-22-17-19-13-9-10-14-20(19)24(22)21-15-11-12-16-23(21)29(25,8)28(6,7)27(4,5)26(18,2)3;22-18-10-14-5-1-3-7-20(14)16(12-18)9-17-13-19(23)11-15-6-2-4-8-21(15)17;1-2-4-5-3-1;;;/h9-11,13-15,23H,12,16-17H2,1-8H3;1-8,10-13H;1-5H;2*1H;/q;;;;;+2/p-2. The van der Waals surface area contributed by atoms with E-state index in [9.17, 15) is 0 Å². The van der Waals surface area contributed by atoms with E-state index in [1.165, 1.54) is 53.4 Å². The molecule has 0 aromatic heterocycles. The maximum absolute atomic E-state index is 7.29. The quantitative estimate of drug-likeness (QED) is 0.169. The first-order valence-corrected chi connectivity index (χ1v) is 26.0. The first kappa shape index (κ1) is 43.9. The molecule has 0 nitrogen and oxygen atoms in total. The van der Waals surface area contributed by atoms with Crippen molar-refractivity contribution in [2.45, 2.75) is 81.4 Å². The molecule has 0 bridgehead atoms. The molecular weight excluding hydrogens is 894 g/mol. The molecule has 0 N–H and O–H groups in total. The van der Waals surface area contributed by atoms with Gasteiger partial charge in [0.25, 0.3) is 0 Å². The third kappa shape index (κ3) is 5.74. The summed E-state index contributed by atoms with van der Waals surface area (Å²) in [5.41, 5.74) is 11.7. The van der Waals surface area contributed by atoms with Gasteiger partial charge < -0.3 is 24.8 Å². The molecule has 5 aliphatic rings. The second-order valence-corrected chi connectivity index (χ2v) is 27.9. The molecule has 60 heavy (non-hydrogen) atoms. The Hall–Kier alpha value is -2.77. The maximum Gasteiger partial charge on any atom is -1.00 e. The Morgan fingerprint density at radius 1 is 0.650 bits per heavy atom. The van der Waals surface area contributed by atoms with Gasteiger partial charge in [-0.25, -0.2) is 0 Å². The zero-order valence-corrected chi connectivity index (χ0v) is 41.5. The number of benzene rings is 5. The Morgan fingerprint density at radius 2 is 1.20 bits per heavy atom. The molecule has 0 saturated heterocycles. The predicted octanol–water partition coefficient (Wildman–Crippen LogP) is 9.97. The van der Waals surface area contributed by atoms with E-state index in [1.807, 2.05) is 0 Å². The van der Waals surface area contributed by atoms with E-state index in [1.54, 1.807) is 22.3 Å². The summed E-state index contributed by atoms with van der Waals surface area (Å²) in [6.45, 7) is 21.5. The van der Waals surface area contributed by atoms with Crippen molar-refractivity contribution in [2.24, 2.45) is 27.6 Å². The zero-order chi connectivity index (χ0) is 40.6. The SMILES string of the molecule is CC12C(=C3Cc4ccccc4C3=C3C=CCCC31)[C](C)([Zr+2](=[C](c1cc(Cl)cc3ccccc13)c1cc(Cl)cc3ccccc13)[CH]1C=CC=C1)C(C)(C)C(C)(C)C2(C)C.[Cl-].[Cl-]. The molecule has 0 amide bonds. The van der Waals surface area contributed by atoms with E-state index >= 15 is 0 Å². The minimum atomic E-state index is -3.37. The van der Waals surface area contributed by atoms with Crippen molar-refractivity contribution in [1.29, 1.82) is 0 Å². The summed E-state index contributed by atoms with van der Waals surface area (Å²) in [6.07, 6.45) is 18.1. The van der Waals surface area contributed by atoms with Crippen LogP contribution in [0.15, 0.2) is 150 Å². The van der Waals surface area contributed by atoms with E-state index in [4.69, 9.17) is 23.2 Å². The summed E-state index contributed by atoms with van der Waals surface area (Å²) in [5.74, 6) is 0.420. The first-order valence-electron chi connectivity index (χ1n) is 21.3.